The SMILES string of the molecule is C=C(/C=C\NN/C=C(\C(CCC)=NCc1ccccc1)C(C)C)NCCC(C)CC. The highest BCUT2D eigenvalue weighted by Gasteiger charge is 2.10. The van der Waals surface area contributed by atoms with Crippen LogP contribution >= 0.6 is 0 Å². The first-order chi connectivity index (χ1) is 14.5. The number of hydrogen-bond acceptors (Lipinski definition) is 4. The molecule has 1 aromatic rings. The molecule has 4 nitrogen and oxygen atoms in total. The Hall–Kier alpha value is -2.49. The highest BCUT2D eigenvalue weighted by molar-refractivity contribution is 6.00. The fourth-order valence-corrected chi connectivity index (χ4v) is 2.96. The van der Waals surface area contributed by atoms with Gasteiger partial charge in [-0.25, -0.2) is 0 Å². The van der Waals surface area contributed by atoms with E-state index in [2.05, 4.69) is 81.6 Å². The van der Waals surface area contributed by atoms with Crippen molar-refractivity contribution in [3.8, 4) is 0 Å². The van der Waals surface area contributed by atoms with Gasteiger partial charge in [-0.3, -0.25) is 4.99 Å². The Kier molecular flexibility index (Phi) is 13.1. The second kappa shape index (κ2) is 15.4. The average molecular weight is 411 g/mol. The fraction of sp³-hybridized carbons (Fsp3) is 0.500. The van der Waals surface area contributed by atoms with Crippen LogP contribution in [-0.4, -0.2) is 12.3 Å². The quantitative estimate of drug-likeness (QED) is 0.141. The zero-order valence-corrected chi connectivity index (χ0v) is 19.7. The van der Waals surface area contributed by atoms with E-state index in [1.807, 2.05) is 24.5 Å². The van der Waals surface area contributed by atoms with E-state index in [0.29, 0.717) is 5.92 Å². The van der Waals surface area contributed by atoms with Crippen molar-refractivity contribution in [1.29, 1.82) is 0 Å². The summed E-state index contributed by atoms with van der Waals surface area (Å²) in [5.74, 6) is 1.14. The van der Waals surface area contributed by atoms with Crippen molar-refractivity contribution in [2.24, 2.45) is 16.8 Å². The van der Waals surface area contributed by atoms with Gasteiger partial charge >= 0.3 is 0 Å². The molecule has 4 heteroatoms. The van der Waals surface area contributed by atoms with Crippen molar-refractivity contribution in [1.82, 2.24) is 16.2 Å². The number of allylic oxidation sites excluding steroid dienone is 2. The lowest BCUT2D eigenvalue weighted by molar-refractivity contribution is 0.505. The fourth-order valence-electron chi connectivity index (χ4n) is 2.96. The summed E-state index contributed by atoms with van der Waals surface area (Å²) >= 11 is 0. The second-order valence-electron chi connectivity index (χ2n) is 8.13. The summed E-state index contributed by atoms with van der Waals surface area (Å²) in [5, 5.41) is 3.35. The lowest BCUT2D eigenvalue weighted by atomic mass is 9.96. The Bertz CT molecular complexity index is 686. The minimum absolute atomic E-state index is 0.390. The van der Waals surface area contributed by atoms with Gasteiger partial charge in [0.15, 0.2) is 0 Å². The molecule has 1 aromatic carbocycles. The van der Waals surface area contributed by atoms with E-state index in [9.17, 15) is 0 Å². The number of benzene rings is 1. The minimum Gasteiger partial charge on any atom is -0.385 e. The van der Waals surface area contributed by atoms with Gasteiger partial charge in [0.25, 0.3) is 0 Å². The van der Waals surface area contributed by atoms with Crippen molar-refractivity contribution in [2.75, 3.05) is 6.54 Å². The van der Waals surface area contributed by atoms with E-state index < -0.39 is 0 Å². The molecular formula is C26H42N4. The molecule has 0 bridgehead atoms. The smallest absolute Gasteiger partial charge is 0.0643 e. The van der Waals surface area contributed by atoms with Crippen LogP contribution in [-0.2, 0) is 6.54 Å². The van der Waals surface area contributed by atoms with E-state index in [1.165, 1.54) is 23.3 Å². The number of nitrogens with zero attached hydrogens (tertiary/aromatic N) is 1. The van der Waals surface area contributed by atoms with Crippen molar-refractivity contribution in [3.05, 3.63) is 72.2 Å². The molecule has 0 heterocycles. The summed E-state index contributed by atoms with van der Waals surface area (Å²) in [6.07, 6.45) is 10.3. The Labute approximate surface area is 184 Å². The normalized spacial score (nSPS) is 13.5. The number of aliphatic imine (C=N–C) groups is 1. The van der Waals surface area contributed by atoms with Crippen LogP contribution in [0.2, 0.25) is 0 Å². The third kappa shape index (κ3) is 10.9. The maximum absolute atomic E-state index is 4.93. The summed E-state index contributed by atoms with van der Waals surface area (Å²) in [7, 11) is 0. The van der Waals surface area contributed by atoms with Gasteiger partial charge in [-0.05, 0) is 41.9 Å². The van der Waals surface area contributed by atoms with E-state index in [4.69, 9.17) is 4.99 Å². The molecule has 0 radical (unpaired) electrons. The molecule has 0 fully saturated rings. The molecule has 0 aromatic heterocycles. The van der Waals surface area contributed by atoms with Crippen LogP contribution in [0.5, 0.6) is 0 Å². The zero-order chi connectivity index (χ0) is 22.2. The summed E-state index contributed by atoms with van der Waals surface area (Å²) in [6, 6.07) is 10.4. The van der Waals surface area contributed by atoms with E-state index in [1.54, 1.807) is 0 Å². The molecule has 1 atom stereocenters. The Morgan fingerprint density at radius 3 is 2.47 bits per heavy atom. The summed E-state index contributed by atoms with van der Waals surface area (Å²) in [5.41, 5.74) is 10.9. The molecule has 0 spiro atoms. The van der Waals surface area contributed by atoms with Crippen molar-refractivity contribution >= 4 is 5.71 Å². The molecule has 166 valence electrons. The maximum atomic E-state index is 4.93. The van der Waals surface area contributed by atoms with Crippen molar-refractivity contribution < 1.29 is 0 Å². The highest BCUT2D eigenvalue weighted by atomic mass is 15.3. The third-order valence-corrected chi connectivity index (χ3v) is 5.10. The Balaban J connectivity index is 2.61. The van der Waals surface area contributed by atoms with Crippen LogP contribution in [0.1, 0.15) is 65.9 Å². The summed E-state index contributed by atoms with van der Waals surface area (Å²) < 4.78 is 0. The van der Waals surface area contributed by atoms with Gasteiger partial charge in [-0.15, -0.1) is 0 Å². The van der Waals surface area contributed by atoms with Gasteiger partial charge in [0.05, 0.1) is 6.54 Å². The van der Waals surface area contributed by atoms with Crippen molar-refractivity contribution in [3.63, 3.8) is 0 Å². The largest absolute Gasteiger partial charge is 0.385 e. The Morgan fingerprint density at radius 1 is 1.10 bits per heavy atom. The lowest BCUT2D eigenvalue weighted by Crippen LogP contribution is -2.24. The molecule has 0 aliphatic carbocycles. The first-order valence-corrected chi connectivity index (χ1v) is 11.4. The van der Waals surface area contributed by atoms with Gasteiger partial charge in [-0.1, -0.05) is 84.4 Å². The molecule has 0 saturated carbocycles. The van der Waals surface area contributed by atoms with Crippen LogP contribution in [0.15, 0.2) is 71.6 Å². The van der Waals surface area contributed by atoms with Crippen LogP contribution < -0.4 is 16.2 Å². The van der Waals surface area contributed by atoms with Gasteiger partial charge < -0.3 is 16.2 Å². The summed E-state index contributed by atoms with van der Waals surface area (Å²) in [6.45, 7) is 16.8. The van der Waals surface area contributed by atoms with Gasteiger partial charge in [0, 0.05) is 30.4 Å². The molecule has 0 amide bonds. The van der Waals surface area contributed by atoms with Gasteiger partial charge in [0.2, 0.25) is 0 Å². The molecule has 0 aliphatic heterocycles. The van der Waals surface area contributed by atoms with Crippen LogP contribution in [0.25, 0.3) is 0 Å². The standard InChI is InChI=1S/C26H42N4/c1-7-12-26(28-19-24-13-10-9-11-14-24)25(21(3)4)20-30-29-18-16-23(6)27-17-15-22(5)8-2/h9-11,13-14,16,18,20-22,27,29-30H,6-8,12,15,17,19H2,1-5H3/b18-16-,25-20-,28-26?. The molecular weight excluding hydrogens is 368 g/mol. The lowest BCUT2D eigenvalue weighted by Gasteiger charge is -2.15. The number of rotatable bonds is 15. The van der Waals surface area contributed by atoms with E-state index in [0.717, 1.165) is 44.0 Å². The first-order valence-electron chi connectivity index (χ1n) is 11.4. The van der Waals surface area contributed by atoms with Gasteiger partial charge in [-0.2, -0.15) is 0 Å². The molecule has 30 heavy (non-hydrogen) atoms. The molecule has 0 saturated heterocycles. The number of hydrazine groups is 1. The zero-order valence-electron chi connectivity index (χ0n) is 19.7. The predicted molar refractivity (Wildman–Crippen MR) is 132 cm³/mol. The monoisotopic (exact) mass is 410 g/mol. The maximum Gasteiger partial charge on any atom is 0.0643 e. The minimum atomic E-state index is 0.390. The van der Waals surface area contributed by atoms with Crippen LogP contribution in [0, 0.1) is 11.8 Å². The third-order valence-electron chi connectivity index (χ3n) is 5.10. The van der Waals surface area contributed by atoms with E-state index in [-0.39, 0.29) is 0 Å². The first kappa shape index (κ1) is 25.5. The highest BCUT2D eigenvalue weighted by Crippen LogP contribution is 2.16. The van der Waals surface area contributed by atoms with Crippen LogP contribution in [0.4, 0.5) is 0 Å². The molecule has 1 unspecified atom stereocenters. The van der Waals surface area contributed by atoms with Crippen molar-refractivity contribution in [2.45, 2.75) is 66.8 Å². The molecule has 0 aliphatic rings. The second-order valence-corrected chi connectivity index (χ2v) is 8.13. The molecule has 1 rings (SSSR count). The Morgan fingerprint density at radius 2 is 1.83 bits per heavy atom. The number of nitrogens with one attached hydrogen (secondary N) is 3. The predicted octanol–water partition coefficient (Wildman–Crippen LogP) is 6.12. The topological polar surface area (TPSA) is 48.5 Å². The average Bonchev–Trinajstić information content (AvgIpc) is 2.74. The van der Waals surface area contributed by atoms with E-state index >= 15 is 0 Å². The summed E-state index contributed by atoms with van der Waals surface area (Å²) in [4.78, 5) is 4.93. The van der Waals surface area contributed by atoms with Gasteiger partial charge in [0.1, 0.15) is 0 Å². The molecule has 3 N–H and O–H groups in total. The number of hydrogen-bond donors (Lipinski definition) is 3. The van der Waals surface area contributed by atoms with Crippen LogP contribution in [0.3, 0.4) is 0 Å².